The van der Waals surface area contributed by atoms with Gasteiger partial charge >= 0.3 is 0 Å². The van der Waals surface area contributed by atoms with Crippen molar-refractivity contribution in [3.8, 4) is 11.5 Å². The highest BCUT2D eigenvalue weighted by Crippen LogP contribution is 2.25. The lowest BCUT2D eigenvalue weighted by Gasteiger charge is -2.33. The Balaban J connectivity index is 1.68. The number of likely N-dealkylation sites (N-methyl/N-ethyl adjacent to an activating group) is 1. The number of benzene rings is 1. The summed E-state index contributed by atoms with van der Waals surface area (Å²) in [7, 11) is 0. The van der Waals surface area contributed by atoms with Crippen LogP contribution in [-0.2, 0) is 6.54 Å². The van der Waals surface area contributed by atoms with Gasteiger partial charge in [0.2, 0.25) is 5.89 Å². The van der Waals surface area contributed by atoms with Crippen LogP contribution in [0.2, 0.25) is 0 Å². The number of hydrogen-bond donors (Lipinski definition) is 0. The zero-order valence-electron chi connectivity index (χ0n) is 14.2. The highest BCUT2D eigenvalue weighted by molar-refractivity contribution is 7.98. The summed E-state index contributed by atoms with van der Waals surface area (Å²) in [4.78, 5) is 11.0. The molecule has 1 fully saturated rings. The first-order chi connectivity index (χ1) is 11.2. The van der Waals surface area contributed by atoms with Crippen LogP contribution in [0.25, 0.3) is 11.5 Å². The molecular weight excluding hydrogens is 306 g/mol. The fourth-order valence-corrected chi connectivity index (χ4v) is 3.32. The number of aryl methyl sites for hydroxylation is 1. The molecule has 0 spiro atoms. The van der Waals surface area contributed by atoms with E-state index < -0.39 is 0 Å². The summed E-state index contributed by atoms with van der Waals surface area (Å²) in [5.41, 5.74) is 2.12. The molecule has 23 heavy (non-hydrogen) atoms. The highest BCUT2D eigenvalue weighted by Gasteiger charge is 2.19. The van der Waals surface area contributed by atoms with Gasteiger partial charge in [0.15, 0.2) is 0 Å². The molecule has 0 aliphatic carbocycles. The second-order valence-corrected chi connectivity index (χ2v) is 6.84. The molecule has 0 radical (unpaired) electrons. The Labute approximate surface area is 142 Å². The minimum absolute atomic E-state index is 0.734. The molecule has 1 aromatic carbocycles. The summed E-state index contributed by atoms with van der Waals surface area (Å²) in [6.45, 7) is 10.8. The van der Waals surface area contributed by atoms with Crippen molar-refractivity contribution >= 4 is 11.8 Å². The maximum absolute atomic E-state index is 5.90. The van der Waals surface area contributed by atoms with Gasteiger partial charge in [0.05, 0.1) is 5.69 Å². The molecule has 0 amide bonds. The van der Waals surface area contributed by atoms with E-state index in [-0.39, 0.29) is 0 Å². The van der Waals surface area contributed by atoms with Gasteiger partial charge in [-0.05, 0) is 44.0 Å². The number of piperazine rings is 1. The SMILES string of the molecule is CCN1CCN(Cc2nc(-c3ccc(SC)cc3)oc2C)CC1. The molecule has 0 unspecified atom stereocenters. The quantitative estimate of drug-likeness (QED) is 0.783. The van der Waals surface area contributed by atoms with Crippen LogP contribution < -0.4 is 0 Å². The van der Waals surface area contributed by atoms with Crippen molar-refractivity contribution in [2.75, 3.05) is 39.0 Å². The van der Waals surface area contributed by atoms with Crippen molar-refractivity contribution in [1.82, 2.24) is 14.8 Å². The standard InChI is InChI=1S/C18H25N3OS/c1-4-20-9-11-21(12-10-20)13-17-14(2)22-18(19-17)15-5-7-16(23-3)8-6-15/h5-8H,4,9-13H2,1-3H3. The number of nitrogens with zero attached hydrogens (tertiary/aromatic N) is 3. The molecule has 1 aliphatic rings. The monoisotopic (exact) mass is 331 g/mol. The average molecular weight is 331 g/mol. The van der Waals surface area contributed by atoms with Gasteiger partial charge in [-0.2, -0.15) is 0 Å². The smallest absolute Gasteiger partial charge is 0.226 e. The number of aromatic nitrogens is 1. The first-order valence-electron chi connectivity index (χ1n) is 8.25. The molecule has 0 saturated carbocycles. The van der Waals surface area contributed by atoms with Crippen LogP contribution in [0.4, 0.5) is 0 Å². The van der Waals surface area contributed by atoms with Crippen molar-refractivity contribution in [3.05, 3.63) is 35.7 Å². The molecular formula is C18H25N3OS. The molecule has 2 heterocycles. The first kappa shape index (κ1) is 16.6. The van der Waals surface area contributed by atoms with E-state index in [1.807, 2.05) is 6.92 Å². The lowest BCUT2D eigenvalue weighted by atomic mass is 10.2. The number of thioether (sulfide) groups is 1. The minimum Gasteiger partial charge on any atom is -0.441 e. The van der Waals surface area contributed by atoms with Gasteiger partial charge in [0.1, 0.15) is 5.76 Å². The summed E-state index contributed by atoms with van der Waals surface area (Å²) < 4.78 is 5.90. The van der Waals surface area contributed by atoms with Crippen molar-refractivity contribution < 1.29 is 4.42 Å². The Morgan fingerprint density at radius 3 is 2.35 bits per heavy atom. The zero-order valence-corrected chi connectivity index (χ0v) is 15.0. The van der Waals surface area contributed by atoms with Gasteiger partial charge in [-0.25, -0.2) is 4.98 Å². The van der Waals surface area contributed by atoms with E-state index in [0.29, 0.717) is 0 Å². The third-order valence-electron chi connectivity index (χ3n) is 4.52. The minimum atomic E-state index is 0.734. The average Bonchev–Trinajstić information content (AvgIpc) is 2.96. The van der Waals surface area contributed by atoms with E-state index in [0.717, 1.165) is 62.2 Å². The van der Waals surface area contributed by atoms with Gasteiger partial charge < -0.3 is 9.32 Å². The van der Waals surface area contributed by atoms with E-state index in [2.05, 4.69) is 47.2 Å². The second kappa shape index (κ2) is 7.51. The molecule has 2 aromatic rings. The van der Waals surface area contributed by atoms with E-state index in [4.69, 9.17) is 9.40 Å². The van der Waals surface area contributed by atoms with Crippen molar-refractivity contribution in [3.63, 3.8) is 0 Å². The maximum Gasteiger partial charge on any atom is 0.226 e. The predicted molar refractivity (Wildman–Crippen MR) is 95.8 cm³/mol. The number of oxazole rings is 1. The fraction of sp³-hybridized carbons (Fsp3) is 0.500. The highest BCUT2D eigenvalue weighted by atomic mass is 32.2. The lowest BCUT2D eigenvalue weighted by Crippen LogP contribution is -2.45. The van der Waals surface area contributed by atoms with Gasteiger partial charge in [-0.1, -0.05) is 6.92 Å². The molecule has 0 N–H and O–H groups in total. The molecule has 0 atom stereocenters. The third kappa shape index (κ3) is 3.97. The largest absolute Gasteiger partial charge is 0.441 e. The molecule has 4 nitrogen and oxygen atoms in total. The molecule has 3 rings (SSSR count). The fourth-order valence-electron chi connectivity index (χ4n) is 2.91. The van der Waals surface area contributed by atoms with Crippen molar-refractivity contribution in [1.29, 1.82) is 0 Å². The van der Waals surface area contributed by atoms with Crippen LogP contribution in [0.3, 0.4) is 0 Å². The van der Waals surface area contributed by atoms with E-state index in [1.165, 1.54) is 4.90 Å². The van der Waals surface area contributed by atoms with Crippen LogP contribution in [0.5, 0.6) is 0 Å². The number of hydrogen-bond acceptors (Lipinski definition) is 5. The topological polar surface area (TPSA) is 32.5 Å². The third-order valence-corrected chi connectivity index (χ3v) is 5.26. The molecule has 124 valence electrons. The van der Waals surface area contributed by atoms with Crippen LogP contribution >= 0.6 is 11.8 Å². The Morgan fingerprint density at radius 1 is 1.09 bits per heavy atom. The summed E-state index contributed by atoms with van der Waals surface area (Å²) in [5.74, 6) is 1.67. The Bertz CT molecular complexity index is 630. The predicted octanol–water partition coefficient (Wildman–Crippen LogP) is 3.51. The zero-order chi connectivity index (χ0) is 16.2. The summed E-state index contributed by atoms with van der Waals surface area (Å²) in [6, 6.07) is 8.40. The van der Waals surface area contributed by atoms with E-state index in [9.17, 15) is 0 Å². The summed E-state index contributed by atoms with van der Waals surface area (Å²) in [6.07, 6.45) is 2.08. The van der Waals surface area contributed by atoms with Crippen molar-refractivity contribution in [2.45, 2.75) is 25.3 Å². The summed E-state index contributed by atoms with van der Waals surface area (Å²) in [5, 5.41) is 0. The second-order valence-electron chi connectivity index (χ2n) is 5.96. The Kier molecular flexibility index (Phi) is 5.41. The molecule has 1 aliphatic heterocycles. The van der Waals surface area contributed by atoms with E-state index >= 15 is 0 Å². The van der Waals surface area contributed by atoms with Gasteiger partial charge in [0, 0.05) is 43.2 Å². The van der Waals surface area contributed by atoms with Crippen LogP contribution in [-0.4, -0.2) is 53.8 Å². The van der Waals surface area contributed by atoms with Crippen molar-refractivity contribution in [2.24, 2.45) is 0 Å². The van der Waals surface area contributed by atoms with E-state index in [1.54, 1.807) is 11.8 Å². The maximum atomic E-state index is 5.90. The Hall–Kier alpha value is -1.30. The van der Waals surface area contributed by atoms with Gasteiger partial charge in [-0.15, -0.1) is 11.8 Å². The van der Waals surface area contributed by atoms with Crippen LogP contribution in [0.1, 0.15) is 18.4 Å². The van der Waals surface area contributed by atoms with Crippen LogP contribution in [0, 0.1) is 6.92 Å². The Morgan fingerprint density at radius 2 is 1.74 bits per heavy atom. The number of rotatable bonds is 5. The van der Waals surface area contributed by atoms with Gasteiger partial charge in [-0.3, -0.25) is 4.90 Å². The summed E-state index contributed by atoms with van der Waals surface area (Å²) >= 11 is 1.74. The van der Waals surface area contributed by atoms with Crippen LogP contribution in [0.15, 0.2) is 33.6 Å². The first-order valence-corrected chi connectivity index (χ1v) is 9.47. The lowest BCUT2D eigenvalue weighted by molar-refractivity contribution is 0.130. The van der Waals surface area contributed by atoms with Gasteiger partial charge in [0.25, 0.3) is 0 Å². The molecule has 5 heteroatoms. The molecule has 0 bridgehead atoms. The normalized spacial score (nSPS) is 16.8. The molecule has 1 saturated heterocycles. The molecule has 1 aromatic heterocycles.